The van der Waals surface area contributed by atoms with Gasteiger partial charge in [0, 0.05) is 18.1 Å². The number of rotatable bonds is 6. The molecule has 2 aromatic carbocycles. The van der Waals surface area contributed by atoms with Crippen LogP contribution in [0.3, 0.4) is 0 Å². The number of hydrogen-bond acceptors (Lipinski definition) is 3. The second kappa shape index (κ2) is 7.96. The highest BCUT2D eigenvalue weighted by Gasteiger charge is 2.21. The van der Waals surface area contributed by atoms with Gasteiger partial charge in [0.15, 0.2) is 5.76 Å². The van der Waals surface area contributed by atoms with Crippen molar-refractivity contribution in [1.82, 2.24) is 9.78 Å². The van der Waals surface area contributed by atoms with Crippen LogP contribution >= 0.6 is 0 Å². The molecular formula is C23H21N3O2. The molecule has 0 N–H and O–H groups in total. The van der Waals surface area contributed by atoms with Crippen LogP contribution in [0, 0.1) is 6.92 Å². The second-order valence-electron chi connectivity index (χ2n) is 6.68. The lowest BCUT2D eigenvalue weighted by atomic mass is 10.1. The Morgan fingerprint density at radius 3 is 2.50 bits per heavy atom. The molecule has 28 heavy (non-hydrogen) atoms. The van der Waals surface area contributed by atoms with Crippen molar-refractivity contribution in [2.75, 3.05) is 4.90 Å². The zero-order valence-corrected chi connectivity index (χ0v) is 15.7. The Hall–Kier alpha value is -3.60. The minimum atomic E-state index is -0.167. The summed E-state index contributed by atoms with van der Waals surface area (Å²) in [6.07, 6.45) is 3.58. The third-order valence-electron chi connectivity index (χ3n) is 4.52. The molecule has 0 aliphatic rings. The number of carbonyl (C=O) groups excluding carboxylic acids is 1. The molecule has 0 fully saturated rings. The summed E-state index contributed by atoms with van der Waals surface area (Å²) in [6.45, 7) is 2.99. The van der Waals surface area contributed by atoms with Gasteiger partial charge in [-0.2, -0.15) is 5.10 Å². The fourth-order valence-electron chi connectivity index (χ4n) is 3.04. The number of aromatic nitrogens is 2. The molecule has 0 bridgehead atoms. The fraction of sp³-hybridized carbons (Fsp3) is 0.130. The monoisotopic (exact) mass is 371 g/mol. The van der Waals surface area contributed by atoms with Gasteiger partial charge >= 0.3 is 0 Å². The Balaban J connectivity index is 1.61. The molecule has 4 rings (SSSR count). The van der Waals surface area contributed by atoms with E-state index in [0.29, 0.717) is 24.6 Å². The van der Waals surface area contributed by atoms with E-state index in [-0.39, 0.29) is 5.91 Å². The van der Waals surface area contributed by atoms with Crippen LogP contribution in [0.25, 0.3) is 0 Å². The Kier molecular flexibility index (Phi) is 5.06. The summed E-state index contributed by atoms with van der Waals surface area (Å²) in [7, 11) is 0. The first-order chi connectivity index (χ1) is 13.7. The Labute approximate surface area is 163 Å². The van der Waals surface area contributed by atoms with Gasteiger partial charge in [0.2, 0.25) is 0 Å². The SMILES string of the molecule is Cc1ccc(N(Cc2ccccc2)C(=O)c2ccc(Cn3cccn3)o2)cc1. The van der Waals surface area contributed by atoms with Crippen LogP contribution < -0.4 is 4.90 Å². The Morgan fingerprint density at radius 1 is 1.00 bits per heavy atom. The first kappa shape index (κ1) is 17.8. The predicted octanol–water partition coefficient (Wildman–Crippen LogP) is 4.68. The predicted molar refractivity (Wildman–Crippen MR) is 108 cm³/mol. The highest BCUT2D eigenvalue weighted by atomic mass is 16.4. The molecule has 5 nitrogen and oxygen atoms in total. The lowest BCUT2D eigenvalue weighted by Gasteiger charge is -2.22. The third kappa shape index (κ3) is 4.04. The molecular weight excluding hydrogens is 350 g/mol. The topological polar surface area (TPSA) is 51.3 Å². The summed E-state index contributed by atoms with van der Waals surface area (Å²) in [5, 5.41) is 4.17. The number of aryl methyl sites for hydroxylation is 1. The first-order valence-electron chi connectivity index (χ1n) is 9.17. The molecule has 140 valence electrons. The van der Waals surface area contributed by atoms with E-state index in [0.717, 1.165) is 16.8 Å². The van der Waals surface area contributed by atoms with E-state index in [9.17, 15) is 4.79 Å². The number of benzene rings is 2. The van der Waals surface area contributed by atoms with E-state index in [1.165, 1.54) is 0 Å². The summed E-state index contributed by atoms with van der Waals surface area (Å²) >= 11 is 0. The molecule has 0 saturated heterocycles. The van der Waals surface area contributed by atoms with E-state index in [1.807, 2.05) is 79.9 Å². The largest absolute Gasteiger partial charge is 0.454 e. The maximum Gasteiger partial charge on any atom is 0.294 e. The summed E-state index contributed by atoms with van der Waals surface area (Å²) in [6, 6.07) is 23.3. The fourth-order valence-corrected chi connectivity index (χ4v) is 3.04. The maximum atomic E-state index is 13.3. The Morgan fingerprint density at radius 2 is 1.79 bits per heavy atom. The molecule has 0 radical (unpaired) electrons. The zero-order valence-electron chi connectivity index (χ0n) is 15.7. The number of nitrogens with zero attached hydrogens (tertiary/aromatic N) is 3. The molecule has 2 heterocycles. The van der Waals surface area contributed by atoms with Gasteiger partial charge in [-0.25, -0.2) is 0 Å². The van der Waals surface area contributed by atoms with E-state index >= 15 is 0 Å². The van der Waals surface area contributed by atoms with Gasteiger partial charge in [-0.1, -0.05) is 48.0 Å². The van der Waals surface area contributed by atoms with Crippen molar-refractivity contribution in [3.05, 3.63) is 108 Å². The van der Waals surface area contributed by atoms with Crippen molar-refractivity contribution in [3.63, 3.8) is 0 Å². The summed E-state index contributed by atoms with van der Waals surface area (Å²) in [5.41, 5.74) is 3.04. The van der Waals surface area contributed by atoms with Crippen molar-refractivity contribution in [2.24, 2.45) is 0 Å². The number of amides is 1. The van der Waals surface area contributed by atoms with Gasteiger partial charge in [-0.05, 0) is 42.8 Å². The van der Waals surface area contributed by atoms with Crippen LogP contribution in [-0.2, 0) is 13.1 Å². The van der Waals surface area contributed by atoms with Gasteiger partial charge < -0.3 is 9.32 Å². The normalized spacial score (nSPS) is 10.8. The Bertz CT molecular complexity index is 1040. The van der Waals surface area contributed by atoms with E-state index in [4.69, 9.17) is 4.42 Å². The van der Waals surface area contributed by atoms with Gasteiger partial charge in [0.05, 0.1) is 13.1 Å². The van der Waals surface area contributed by atoms with Crippen LogP contribution in [0.15, 0.2) is 89.6 Å². The van der Waals surface area contributed by atoms with Crippen LogP contribution in [0.2, 0.25) is 0 Å². The van der Waals surface area contributed by atoms with Crippen molar-refractivity contribution >= 4 is 11.6 Å². The number of furan rings is 1. The highest BCUT2D eigenvalue weighted by Crippen LogP contribution is 2.22. The average molecular weight is 371 g/mol. The van der Waals surface area contributed by atoms with Crippen LogP contribution in [-0.4, -0.2) is 15.7 Å². The molecule has 2 aromatic heterocycles. The van der Waals surface area contributed by atoms with Gasteiger partial charge in [0.1, 0.15) is 5.76 Å². The van der Waals surface area contributed by atoms with Gasteiger partial charge in [0.25, 0.3) is 5.91 Å². The smallest absolute Gasteiger partial charge is 0.294 e. The maximum absolute atomic E-state index is 13.3. The van der Waals surface area contributed by atoms with Crippen molar-refractivity contribution in [3.8, 4) is 0 Å². The number of carbonyl (C=O) groups is 1. The molecule has 5 heteroatoms. The third-order valence-corrected chi connectivity index (χ3v) is 4.52. The molecule has 1 amide bonds. The van der Waals surface area contributed by atoms with Crippen molar-refractivity contribution in [2.45, 2.75) is 20.0 Å². The molecule has 0 atom stereocenters. The lowest BCUT2D eigenvalue weighted by Crippen LogP contribution is -2.30. The zero-order chi connectivity index (χ0) is 19.3. The van der Waals surface area contributed by atoms with E-state index < -0.39 is 0 Å². The number of hydrogen-bond donors (Lipinski definition) is 0. The second-order valence-corrected chi connectivity index (χ2v) is 6.68. The van der Waals surface area contributed by atoms with Gasteiger partial charge in [-0.15, -0.1) is 0 Å². The molecule has 0 spiro atoms. The standard InChI is InChI=1S/C23H21N3O2/c1-18-8-10-20(11-9-18)26(16-19-6-3-2-4-7-19)23(27)22-13-12-21(28-22)17-25-15-5-14-24-25/h2-15H,16-17H2,1H3. The number of anilines is 1. The molecule has 4 aromatic rings. The average Bonchev–Trinajstić information content (AvgIpc) is 3.40. The first-order valence-corrected chi connectivity index (χ1v) is 9.17. The lowest BCUT2D eigenvalue weighted by molar-refractivity contribution is 0.0956. The molecule has 0 unspecified atom stereocenters. The van der Waals surface area contributed by atoms with Crippen molar-refractivity contribution in [1.29, 1.82) is 0 Å². The molecule has 0 aliphatic carbocycles. The quantitative estimate of drug-likeness (QED) is 0.494. The van der Waals surface area contributed by atoms with Gasteiger partial charge in [-0.3, -0.25) is 9.48 Å². The van der Waals surface area contributed by atoms with Crippen LogP contribution in [0.1, 0.15) is 27.4 Å². The van der Waals surface area contributed by atoms with Crippen LogP contribution in [0.4, 0.5) is 5.69 Å². The molecule has 0 aliphatic heterocycles. The summed E-state index contributed by atoms with van der Waals surface area (Å²) in [4.78, 5) is 15.0. The minimum Gasteiger partial charge on any atom is -0.454 e. The van der Waals surface area contributed by atoms with E-state index in [2.05, 4.69) is 5.10 Å². The van der Waals surface area contributed by atoms with Crippen LogP contribution in [0.5, 0.6) is 0 Å². The van der Waals surface area contributed by atoms with Crippen molar-refractivity contribution < 1.29 is 9.21 Å². The minimum absolute atomic E-state index is 0.167. The van der Waals surface area contributed by atoms with E-state index in [1.54, 1.807) is 21.8 Å². The summed E-state index contributed by atoms with van der Waals surface area (Å²) in [5.74, 6) is 0.841. The highest BCUT2D eigenvalue weighted by molar-refractivity contribution is 6.04. The molecule has 0 saturated carbocycles. The summed E-state index contributed by atoms with van der Waals surface area (Å²) < 4.78 is 7.59.